The van der Waals surface area contributed by atoms with E-state index in [1.807, 2.05) is 0 Å². The van der Waals surface area contributed by atoms with Crippen LogP contribution in [0.1, 0.15) is 17.4 Å². The van der Waals surface area contributed by atoms with Gasteiger partial charge in [-0.1, -0.05) is 6.07 Å². The van der Waals surface area contributed by atoms with Crippen LogP contribution in [0.4, 0.5) is 4.39 Å². The van der Waals surface area contributed by atoms with Crippen molar-refractivity contribution in [2.24, 2.45) is 5.73 Å². The molecule has 4 nitrogen and oxygen atoms in total. The molecular weight excluding hydrogens is 221 g/mol. The van der Waals surface area contributed by atoms with Gasteiger partial charge in [0.05, 0.1) is 17.5 Å². The van der Waals surface area contributed by atoms with Crippen LogP contribution in [0, 0.1) is 12.7 Å². The van der Waals surface area contributed by atoms with Gasteiger partial charge < -0.3 is 10.8 Å². The molecule has 5 heteroatoms. The summed E-state index contributed by atoms with van der Waals surface area (Å²) in [5, 5.41) is 13.9. The van der Waals surface area contributed by atoms with Gasteiger partial charge in [0.2, 0.25) is 0 Å². The van der Waals surface area contributed by atoms with Crippen LogP contribution in [0.2, 0.25) is 0 Å². The number of benzene rings is 1. The standard InChI is InChI=1S/C12H14FN3O/c1-8-11(12(17)6-14)7-16(15-8)10-4-2-3-9(13)5-10/h2-5,7,12,17H,6,14H2,1H3. The van der Waals surface area contributed by atoms with Crippen LogP contribution in [0.5, 0.6) is 0 Å². The molecule has 1 aromatic heterocycles. The van der Waals surface area contributed by atoms with Gasteiger partial charge >= 0.3 is 0 Å². The highest BCUT2D eigenvalue weighted by molar-refractivity contribution is 5.33. The molecule has 1 atom stereocenters. The SMILES string of the molecule is Cc1nn(-c2cccc(F)c2)cc1C(O)CN. The molecule has 0 fully saturated rings. The van der Waals surface area contributed by atoms with Crippen LogP contribution in [0.3, 0.4) is 0 Å². The van der Waals surface area contributed by atoms with Crippen LogP contribution in [-0.4, -0.2) is 21.4 Å². The summed E-state index contributed by atoms with van der Waals surface area (Å²) >= 11 is 0. The topological polar surface area (TPSA) is 64.1 Å². The van der Waals surface area contributed by atoms with Crippen LogP contribution in [-0.2, 0) is 0 Å². The lowest BCUT2D eigenvalue weighted by Crippen LogP contribution is -2.11. The summed E-state index contributed by atoms with van der Waals surface area (Å²) < 4.78 is 14.6. The Bertz CT molecular complexity index is 524. The maximum absolute atomic E-state index is 13.1. The molecule has 0 aliphatic rings. The Morgan fingerprint density at radius 2 is 2.29 bits per heavy atom. The van der Waals surface area contributed by atoms with E-state index in [1.165, 1.54) is 16.8 Å². The Hall–Kier alpha value is -1.72. The minimum absolute atomic E-state index is 0.135. The monoisotopic (exact) mass is 235 g/mol. The second-order valence-electron chi connectivity index (χ2n) is 3.85. The molecule has 0 saturated carbocycles. The van der Waals surface area contributed by atoms with Crippen molar-refractivity contribution in [1.29, 1.82) is 0 Å². The number of hydrogen-bond acceptors (Lipinski definition) is 3. The van der Waals surface area contributed by atoms with E-state index in [1.54, 1.807) is 25.3 Å². The summed E-state index contributed by atoms with van der Waals surface area (Å²) in [6, 6.07) is 6.11. The quantitative estimate of drug-likeness (QED) is 0.843. The molecule has 1 heterocycles. The summed E-state index contributed by atoms with van der Waals surface area (Å²) in [5.74, 6) is -0.323. The molecule has 0 saturated heterocycles. The van der Waals surface area contributed by atoms with Crippen LogP contribution >= 0.6 is 0 Å². The second kappa shape index (κ2) is 4.65. The van der Waals surface area contributed by atoms with E-state index < -0.39 is 6.10 Å². The maximum atomic E-state index is 13.1. The van der Waals surface area contributed by atoms with Gasteiger partial charge in [-0.25, -0.2) is 9.07 Å². The first-order valence-electron chi connectivity index (χ1n) is 5.32. The van der Waals surface area contributed by atoms with Crippen molar-refractivity contribution in [3.63, 3.8) is 0 Å². The number of aromatic nitrogens is 2. The summed E-state index contributed by atoms with van der Waals surface area (Å²) in [7, 11) is 0. The van der Waals surface area contributed by atoms with Gasteiger partial charge in [0.15, 0.2) is 0 Å². The molecule has 0 aliphatic carbocycles. The normalized spacial score (nSPS) is 12.7. The average molecular weight is 235 g/mol. The smallest absolute Gasteiger partial charge is 0.125 e. The second-order valence-corrected chi connectivity index (χ2v) is 3.85. The van der Waals surface area contributed by atoms with E-state index >= 15 is 0 Å². The van der Waals surface area contributed by atoms with Gasteiger partial charge in [0.25, 0.3) is 0 Å². The number of hydrogen-bond donors (Lipinski definition) is 2. The van der Waals surface area contributed by atoms with E-state index in [0.29, 0.717) is 16.9 Å². The van der Waals surface area contributed by atoms with E-state index in [2.05, 4.69) is 5.10 Å². The molecule has 2 rings (SSSR count). The summed E-state index contributed by atoms with van der Waals surface area (Å²) in [6.07, 6.45) is 0.930. The third-order valence-corrected chi connectivity index (χ3v) is 2.59. The molecule has 0 amide bonds. The van der Waals surface area contributed by atoms with Crippen molar-refractivity contribution in [1.82, 2.24) is 9.78 Å². The largest absolute Gasteiger partial charge is 0.387 e. The van der Waals surface area contributed by atoms with Crippen LogP contribution in [0.25, 0.3) is 5.69 Å². The summed E-state index contributed by atoms with van der Waals surface area (Å²) in [5.41, 5.74) is 7.36. The number of aliphatic hydroxyl groups is 1. The third-order valence-electron chi connectivity index (χ3n) is 2.59. The lowest BCUT2D eigenvalue weighted by Gasteiger charge is -2.04. The zero-order chi connectivity index (χ0) is 12.4. The van der Waals surface area contributed by atoms with E-state index in [4.69, 9.17) is 5.73 Å². The zero-order valence-electron chi connectivity index (χ0n) is 9.47. The van der Waals surface area contributed by atoms with Gasteiger partial charge in [0.1, 0.15) is 5.82 Å². The first kappa shape index (κ1) is 11.8. The molecule has 0 radical (unpaired) electrons. The van der Waals surface area contributed by atoms with Gasteiger partial charge in [-0.3, -0.25) is 0 Å². The Morgan fingerprint density at radius 3 is 2.94 bits per heavy atom. The van der Waals surface area contributed by atoms with Crippen LogP contribution in [0.15, 0.2) is 30.5 Å². The minimum Gasteiger partial charge on any atom is -0.387 e. The van der Waals surface area contributed by atoms with Gasteiger partial charge in [-0.05, 0) is 25.1 Å². The summed E-state index contributed by atoms with van der Waals surface area (Å²) in [4.78, 5) is 0. The van der Waals surface area contributed by atoms with Gasteiger partial charge in [-0.2, -0.15) is 5.10 Å². The predicted octanol–water partition coefficient (Wildman–Crippen LogP) is 1.31. The van der Waals surface area contributed by atoms with E-state index in [0.717, 1.165) is 0 Å². The fourth-order valence-corrected chi connectivity index (χ4v) is 1.68. The van der Waals surface area contributed by atoms with Crippen molar-refractivity contribution < 1.29 is 9.50 Å². The number of aryl methyl sites for hydroxylation is 1. The Labute approximate surface area is 98.5 Å². The van der Waals surface area contributed by atoms with E-state index in [-0.39, 0.29) is 12.4 Å². The molecule has 3 N–H and O–H groups in total. The van der Waals surface area contributed by atoms with Crippen molar-refractivity contribution in [3.8, 4) is 5.69 Å². The fourth-order valence-electron chi connectivity index (χ4n) is 1.68. The molecule has 2 aromatic rings. The highest BCUT2D eigenvalue weighted by Gasteiger charge is 2.13. The predicted molar refractivity (Wildman–Crippen MR) is 62.3 cm³/mol. The molecule has 0 aliphatic heterocycles. The first-order chi connectivity index (χ1) is 8.11. The van der Waals surface area contributed by atoms with Crippen molar-refractivity contribution >= 4 is 0 Å². The first-order valence-corrected chi connectivity index (χ1v) is 5.32. The van der Waals surface area contributed by atoms with E-state index in [9.17, 15) is 9.50 Å². The number of nitrogens with zero attached hydrogens (tertiary/aromatic N) is 2. The number of rotatable bonds is 3. The number of aliphatic hydroxyl groups excluding tert-OH is 1. The third kappa shape index (κ3) is 2.35. The molecule has 1 aromatic carbocycles. The fraction of sp³-hybridized carbons (Fsp3) is 0.250. The van der Waals surface area contributed by atoms with Crippen molar-refractivity contribution in [3.05, 3.63) is 47.5 Å². The van der Waals surface area contributed by atoms with Gasteiger partial charge in [-0.15, -0.1) is 0 Å². The minimum atomic E-state index is -0.739. The lowest BCUT2D eigenvalue weighted by molar-refractivity contribution is 0.186. The highest BCUT2D eigenvalue weighted by Crippen LogP contribution is 2.18. The van der Waals surface area contributed by atoms with Crippen molar-refractivity contribution in [2.75, 3.05) is 6.54 Å². The average Bonchev–Trinajstić information content (AvgIpc) is 2.70. The molecule has 1 unspecified atom stereocenters. The molecule has 17 heavy (non-hydrogen) atoms. The molecular formula is C12H14FN3O. The molecule has 90 valence electrons. The summed E-state index contributed by atoms with van der Waals surface area (Å²) in [6.45, 7) is 1.92. The zero-order valence-corrected chi connectivity index (χ0v) is 9.47. The van der Waals surface area contributed by atoms with Crippen LogP contribution < -0.4 is 5.73 Å². The molecule has 0 spiro atoms. The Kier molecular flexibility index (Phi) is 3.21. The highest BCUT2D eigenvalue weighted by atomic mass is 19.1. The molecule has 0 bridgehead atoms. The lowest BCUT2D eigenvalue weighted by atomic mass is 10.1. The Morgan fingerprint density at radius 1 is 1.53 bits per heavy atom. The van der Waals surface area contributed by atoms with Crippen molar-refractivity contribution in [2.45, 2.75) is 13.0 Å². The Balaban J connectivity index is 2.41. The number of halogens is 1. The maximum Gasteiger partial charge on any atom is 0.125 e. The van der Waals surface area contributed by atoms with Gasteiger partial charge in [0, 0.05) is 18.3 Å². The number of nitrogens with two attached hydrogens (primary N) is 1.